The van der Waals surface area contributed by atoms with Gasteiger partial charge in [-0.3, -0.25) is 4.79 Å². The summed E-state index contributed by atoms with van der Waals surface area (Å²) in [7, 11) is 1.63. The molecule has 2 aromatic heterocycles. The second kappa shape index (κ2) is 7.39. The second-order valence-electron chi connectivity index (χ2n) is 4.42. The molecule has 114 valence electrons. The number of hydrogen-bond donors (Lipinski definition) is 3. The number of rotatable bonds is 7. The third-order valence-electron chi connectivity index (χ3n) is 2.84. The maximum atomic E-state index is 12.1. The predicted molar refractivity (Wildman–Crippen MR) is 87.1 cm³/mol. The first-order valence-electron chi connectivity index (χ1n) is 6.40. The maximum Gasteiger partial charge on any atom is 0.265 e. The molecule has 6 nitrogen and oxygen atoms in total. The smallest absolute Gasteiger partial charge is 0.265 e. The lowest BCUT2D eigenvalue weighted by Crippen LogP contribution is -2.22. The minimum Gasteiger partial charge on any atom is -0.383 e. The van der Waals surface area contributed by atoms with Crippen LogP contribution in [0, 0.1) is 6.92 Å². The van der Waals surface area contributed by atoms with Crippen molar-refractivity contribution >= 4 is 39.5 Å². The van der Waals surface area contributed by atoms with Gasteiger partial charge in [0.1, 0.15) is 10.7 Å². The van der Waals surface area contributed by atoms with E-state index < -0.39 is 0 Å². The molecule has 2 rings (SSSR count). The summed E-state index contributed by atoms with van der Waals surface area (Å²) in [6, 6.07) is 0. The Bertz CT molecular complexity index is 609. The summed E-state index contributed by atoms with van der Waals surface area (Å²) in [6.45, 7) is 3.71. The number of thiazole rings is 1. The van der Waals surface area contributed by atoms with E-state index >= 15 is 0 Å². The van der Waals surface area contributed by atoms with Crippen LogP contribution in [0.25, 0.3) is 0 Å². The van der Waals surface area contributed by atoms with E-state index in [9.17, 15) is 4.79 Å². The van der Waals surface area contributed by atoms with Gasteiger partial charge >= 0.3 is 0 Å². The van der Waals surface area contributed by atoms with Gasteiger partial charge in [0.05, 0.1) is 6.61 Å². The number of thiophene rings is 1. The average Bonchev–Trinajstić information content (AvgIpc) is 3.03. The normalized spacial score (nSPS) is 10.6. The van der Waals surface area contributed by atoms with Gasteiger partial charge in [-0.15, -0.1) is 0 Å². The van der Waals surface area contributed by atoms with Gasteiger partial charge in [0.2, 0.25) is 0 Å². The number of amides is 1. The van der Waals surface area contributed by atoms with E-state index in [4.69, 9.17) is 10.5 Å². The highest BCUT2D eigenvalue weighted by atomic mass is 32.1. The van der Waals surface area contributed by atoms with Gasteiger partial charge in [-0.1, -0.05) is 11.3 Å². The Hall–Kier alpha value is -1.64. The van der Waals surface area contributed by atoms with E-state index in [1.165, 1.54) is 16.9 Å². The quantitative estimate of drug-likeness (QED) is 0.678. The van der Waals surface area contributed by atoms with Crippen LogP contribution in [0.2, 0.25) is 0 Å². The molecule has 0 aliphatic carbocycles. The van der Waals surface area contributed by atoms with Crippen LogP contribution in [0.5, 0.6) is 0 Å². The molecule has 0 saturated carbocycles. The number of methoxy groups -OCH3 is 1. The number of carbonyl (C=O) groups excluding carboxylic acids is 1. The summed E-state index contributed by atoms with van der Waals surface area (Å²) >= 11 is 2.87. The topological polar surface area (TPSA) is 89.3 Å². The molecule has 0 unspecified atom stereocenters. The number of carbonyl (C=O) groups is 1. The summed E-state index contributed by atoms with van der Waals surface area (Å²) in [5.41, 5.74) is 8.10. The fourth-order valence-electron chi connectivity index (χ4n) is 1.65. The van der Waals surface area contributed by atoms with Crippen molar-refractivity contribution in [2.75, 3.05) is 31.3 Å². The van der Waals surface area contributed by atoms with Gasteiger partial charge in [0.25, 0.3) is 5.91 Å². The van der Waals surface area contributed by atoms with Crippen molar-refractivity contribution in [3.63, 3.8) is 0 Å². The Labute approximate surface area is 131 Å². The van der Waals surface area contributed by atoms with Crippen LogP contribution in [0.4, 0.5) is 10.9 Å². The Morgan fingerprint density at radius 1 is 1.48 bits per heavy atom. The molecule has 0 aromatic carbocycles. The number of anilines is 2. The zero-order valence-corrected chi connectivity index (χ0v) is 13.6. The van der Waals surface area contributed by atoms with Gasteiger partial charge < -0.3 is 21.1 Å². The van der Waals surface area contributed by atoms with Crippen LogP contribution in [0.15, 0.2) is 10.8 Å². The molecule has 0 atom stereocenters. The second-order valence-corrected chi connectivity index (χ2v) is 6.16. The molecule has 2 heterocycles. The minimum atomic E-state index is -0.199. The van der Waals surface area contributed by atoms with Crippen molar-refractivity contribution in [1.82, 2.24) is 10.3 Å². The molecule has 1 amide bonds. The molecule has 0 aliphatic heterocycles. The first kappa shape index (κ1) is 15.7. The number of nitrogens with one attached hydrogen (secondary N) is 2. The lowest BCUT2D eigenvalue weighted by Gasteiger charge is -2.03. The molecule has 0 radical (unpaired) electrons. The number of ether oxygens (including phenoxy) is 1. The lowest BCUT2D eigenvalue weighted by molar-refractivity contribution is 0.0955. The summed E-state index contributed by atoms with van der Waals surface area (Å²) < 4.78 is 4.94. The van der Waals surface area contributed by atoms with Crippen molar-refractivity contribution in [2.24, 2.45) is 0 Å². The van der Waals surface area contributed by atoms with Crippen LogP contribution >= 0.6 is 22.7 Å². The van der Waals surface area contributed by atoms with Crippen LogP contribution in [-0.2, 0) is 11.3 Å². The van der Waals surface area contributed by atoms with E-state index in [2.05, 4.69) is 21.0 Å². The third-order valence-corrected chi connectivity index (χ3v) is 4.78. The highest BCUT2D eigenvalue weighted by molar-refractivity contribution is 7.18. The Morgan fingerprint density at radius 3 is 2.95 bits per heavy atom. The molecule has 0 saturated heterocycles. The highest BCUT2D eigenvalue weighted by Crippen LogP contribution is 2.24. The van der Waals surface area contributed by atoms with Crippen molar-refractivity contribution in [1.29, 1.82) is 0 Å². The summed E-state index contributed by atoms with van der Waals surface area (Å²) in [5.74, 6) is 0.0508. The Balaban J connectivity index is 1.94. The van der Waals surface area contributed by atoms with Crippen LogP contribution in [0.3, 0.4) is 0 Å². The Kier molecular flexibility index (Phi) is 5.54. The molecule has 0 spiro atoms. The molecular weight excluding hydrogens is 308 g/mol. The summed E-state index contributed by atoms with van der Waals surface area (Å²) in [5, 5.41) is 10.6. The zero-order valence-electron chi connectivity index (χ0n) is 11.9. The summed E-state index contributed by atoms with van der Waals surface area (Å²) in [4.78, 5) is 16.7. The number of nitrogen functional groups attached to an aromatic ring is 1. The maximum absolute atomic E-state index is 12.1. The van der Waals surface area contributed by atoms with Crippen molar-refractivity contribution < 1.29 is 9.53 Å². The zero-order chi connectivity index (χ0) is 15.2. The van der Waals surface area contributed by atoms with E-state index in [-0.39, 0.29) is 11.7 Å². The molecular formula is C13H18N4O2S2. The molecule has 21 heavy (non-hydrogen) atoms. The fraction of sp³-hybridized carbons (Fsp3) is 0.385. The lowest BCUT2D eigenvalue weighted by atomic mass is 10.2. The van der Waals surface area contributed by atoms with Crippen molar-refractivity contribution in [3.8, 4) is 0 Å². The van der Waals surface area contributed by atoms with Gasteiger partial charge in [-0.05, 0) is 28.8 Å². The molecule has 4 N–H and O–H groups in total. The third kappa shape index (κ3) is 4.16. The minimum absolute atomic E-state index is 0.199. The van der Waals surface area contributed by atoms with Gasteiger partial charge in [0.15, 0.2) is 5.13 Å². The first-order valence-corrected chi connectivity index (χ1v) is 8.16. The number of aryl methyl sites for hydroxylation is 1. The van der Waals surface area contributed by atoms with Crippen molar-refractivity contribution in [3.05, 3.63) is 26.8 Å². The number of nitrogens with two attached hydrogens (primary N) is 1. The molecule has 0 aliphatic rings. The standard InChI is InChI=1S/C13H18N4O2S2/c1-8-6-20-7-9(8)5-16-12(18)10-11(14)17-13(21-10)15-3-4-19-2/h6-7H,3-5,14H2,1-2H3,(H,15,17)(H,16,18). The number of hydrogen-bond acceptors (Lipinski definition) is 7. The largest absolute Gasteiger partial charge is 0.383 e. The first-order chi connectivity index (χ1) is 10.1. The average molecular weight is 326 g/mol. The highest BCUT2D eigenvalue weighted by Gasteiger charge is 2.16. The molecule has 0 fully saturated rings. The molecule has 0 bridgehead atoms. The van der Waals surface area contributed by atoms with Crippen LogP contribution < -0.4 is 16.4 Å². The monoisotopic (exact) mass is 326 g/mol. The van der Waals surface area contributed by atoms with E-state index in [0.717, 1.165) is 5.56 Å². The fourth-order valence-corrected chi connectivity index (χ4v) is 3.34. The summed E-state index contributed by atoms with van der Waals surface area (Å²) in [6.07, 6.45) is 0. The molecule has 2 aromatic rings. The molecule has 8 heteroatoms. The van der Waals surface area contributed by atoms with E-state index in [0.29, 0.717) is 29.7 Å². The predicted octanol–water partition coefficient (Wildman–Crippen LogP) is 2.08. The Morgan fingerprint density at radius 2 is 2.29 bits per heavy atom. The number of nitrogens with zero attached hydrogens (tertiary/aromatic N) is 1. The van der Waals surface area contributed by atoms with Crippen LogP contribution in [0.1, 0.15) is 20.8 Å². The van der Waals surface area contributed by atoms with Crippen molar-refractivity contribution in [2.45, 2.75) is 13.5 Å². The SMILES string of the molecule is COCCNc1nc(N)c(C(=O)NCc2cscc2C)s1. The van der Waals surface area contributed by atoms with E-state index in [1.807, 2.05) is 12.3 Å². The van der Waals surface area contributed by atoms with Gasteiger partial charge in [-0.25, -0.2) is 4.98 Å². The number of aromatic nitrogens is 1. The van der Waals surface area contributed by atoms with Crippen LogP contribution in [-0.4, -0.2) is 31.2 Å². The van der Waals surface area contributed by atoms with Gasteiger partial charge in [0, 0.05) is 20.2 Å². The van der Waals surface area contributed by atoms with E-state index in [1.54, 1.807) is 18.4 Å². The van der Waals surface area contributed by atoms with Gasteiger partial charge in [-0.2, -0.15) is 11.3 Å².